The Morgan fingerprint density at radius 2 is 1.55 bits per heavy atom. The summed E-state index contributed by atoms with van der Waals surface area (Å²) in [6, 6.07) is 22.9. The lowest BCUT2D eigenvalue weighted by molar-refractivity contribution is 0.415. The van der Waals surface area contributed by atoms with E-state index in [1.165, 1.54) is 21.9 Å². The molecule has 0 saturated carbocycles. The van der Waals surface area contributed by atoms with Crippen molar-refractivity contribution in [3.63, 3.8) is 0 Å². The van der Waals surface area contributed by atoms with Gasteiger partial charge in [-0.05, 0) is 34.7 Å². The molecule has 0 amide bonds. The highest BCUT2D eigenvalue weighted by Crippen LogP contribution is 2.33. The predicted molar refractivity (Wildman–Crippen MR) is 91.2 cm³/mol. The Hall–Kier alpha value is -2.87. The lowest BCUT2D eigenvalue weighted by Crippen LogP contribution is -1.87. The largest absolute Gasteiger partial charge is 0.497 e. The molecule has 4 aromatic rings. The van der Waals surface area contributed by atoms with Crippen LogP contribution < -0.4 is 4.74 Å². The first-order valence-corrected chi connectivity index (χ1v) is 7.28. The van der Waals surface area contributed by atoms with Crippen molar-refractivity contribution in [1.82, 2.24) is 4.98 Å². The second-order valence-corrected chi connectivity index (χ2v) is 5.27. The Balaban J connectivity index is 2.06. The third kappa shape index (κ3) is 2.01. The van der Waals surface area contributed by atoms with Crippen molar-refractivity contribution in [3.05, 3.63) is 72.9 Å². The lowest BCUT2D eigenvalue weighted by Gasteiger charge is -2.10. The van der Waals surface area contributed by atoms with Crippen molar-refractivity contribution >= 4 is 21.7 Å². The van der Waals surface area contributed by atoms with E-state index in [0.717, 1.165) is 16.7 Å². The summed E-state index contributed by atoms with van der Waals surface area (Å²) in [6.45, 7) is 0. The van der Waals surface area contributed by atoms with E-state index in [-0.39, 0.29) is 0 Å². The van der Waals surface area contributed by atoms with Gasteiger partial charge in [-0.1, -0.05) is 48.5 Å². The normalized spacial score (nSPS) is 11.0. The van der Waals surface area contributed by atoms with Gasteiger partial charge in [0.2, 0.25) is 0 Å². The first-order valence-electron chi connectivity index (χ1n) is 7.28. The Morgan fingerprint density at radius 1 is 0.773 bits per heavy atom. The number of fused-ring (bicyclic) bond motifs is 3. The van der Waals surface area contributed by atoms with Crippen LogP contribution in [-0.4, -0.2) is 12.1 Å². The van der Waals surface area contributed by atoms with Crippen LogP contribution in [-0.2, 0) is 0 Å². The van der Waals surface area contributed by atoms with Gasteiger partial charge < -0.3 is 4.74 Å². The Bertz CT molecular complexity index is 958. The fourth-order valence-electron chi connectivity index (χ4n) is 2.93. The second kappa shape index (κ2) is 5.15. The summed E-state index contributed by atoms with van der Waals surface area (Å²) in [6.07, 6.45) is 1.85. The summed E-state index contributed by atoms with van der Waals surface area (Å²) in [5.74, 6) is 0.868. The Kier molecular flexibility index (Phi) is 3.01. The molecule has 22 heavy (non-hydrogen) atoms. The minimum Gasteiger partial charge on any atom is -0.497 e. The third-order valence-electron chi connectivity index (χ3n) is 4.02. The standard InChI is InChI=1S/C20H15NO/c1-22-17-11-9-14(10-12-17)18-6-2-4-15-7-8-16-5-3-13-21-20(16)19(15)18/h2-13H,1H3. The smallest absolute Gasteiger partial charge is 0.118 e. The number of rotatable bonds is 2. The molecule has 0 atom stereocenters. The van der Waals surface area contributed by atoms with Crippen LogP contribution in [0.25, 0.3) is 32.8 Å². The molecule has 2 heteroatoms. The van der Waals surface area contributed by atoms with Crippen LogP contribution in [0.1, 0.15) is 0 Å². The molecule has 0 bridgehead atoms. The summed E-state index contributed by atoms with van der Waals surface area (Å²) in [5, 5.41) is 3.57. The molecule has 1 aromatic heterocycles. The highest BCUT2D eigenvalue weighted by molar-refractivity contribution is 6.12. The second-order valence-electron chi connectivity index (χ2n) is 5.27. The van der Waals surface area contributed by atoms with Crippen molar-refractivity contribution in [2.24, 2.45) is 0 Å². The monoisotopic (exact) mass is 285 g/mol. The van der Waals surface area contributed by atoms with E-state index in [9.17, 15) is 0 Å². The fraction of sp³-hybridized carbons (Fsp3) is 0.0500. The number of nitrogens with zero attached hydrogens (tertiary/aromatic N) is 1. The zero-order valence-electron chi connectivity index (χ0n) is 12.3. The van der Waals surface area contributed by atoms with Gasteiger partial charge in [-0.3, -0.25) is 4.98 Å². The number of ether oxygens (including phenoxy) is 1. The van der Waals surface area contributed by atoms with E-state index < -0.39 is 0 Å². The molecule has 0 fully saturated rings. The van der Waals surface area contributed by atoms with E-state index >= 15 is 0 Å². The Labute approximate surface area is 129 Å². The molecule has 0 aliphatic carbocycles. The molecule has 0 radical (unpaired) electrons. The van der Waals surface area contributed by atoms with Gasteiger partial charge in [-0.15, -0.1) is 0 Å². The molecule has 3 aromatic carbocycles. The minimum absolute atomic E-state index is 0.868. The van der Waals surface area contributed by atoms with E-state index in [2.05, 4.69) is 53.5 Å². The van der Waals surface area contributed by atoms with Gasteiger partial charge >= 0.3 is 0 Å². The maximum atomic E-state index is 5.25. The average molecular weight is 285 g/mol. The number of hydrogen-bond donors (Lipinski definition) is 0. The fourth-order valence-corrected chi connectivity index (χ4v) is 2.93. The zero-order chi connectivity index (χ0) is 14.9. The van der Waals surface area contributed by atoms with Gasteiger partial charge in [0.15, 0.2) is 0 Å². The van der Waals surface area contributed by atoms with Crippen LogP contribution in [0.3, 0.4) is 0 Å². The first kappa shape index (κ1) is 12.8. The number of hydrogen-bond acceptors (Lipinski definition) is 2. The number of aromatic nitrogens is 1. The molecule has 0 N–H and O–H groups in total. The average Bonchev–Trinajstić information content (AvgIpc) is 2.61. The third-order valence-corrected chi connectivity index (χ3v) is 4.02. The van der Waals surface area contributed by atoms with Crippen LogP contribution >= 0.6 is 0 Å². The molecule has 0 saturated heterocycles. The van der Waals surface area contributed by atoms with Crippen molar-refractivity contribution in [2.75, 3.05) is 7.11 Å². The highest BCUT2D eigenvalue weighted by atomic mass is 16.5. The SMILES string of the molecule is COc1ccc(-c2cccc3ccc4cccnc4c23)cc1. The minimum atomic E-state index is 0.868. The maximum Gasteiger partial charge on any atom is 0.118 e. The first-order chi connectivity index (χ1) is 10.9. The van der Waals surface area contributed by atoms with Gasteiger partial charge in [0.25, 0.3) is 0 Å². The van der Waals surface area contributed by atoms with Crippen molar-refractivity contribution in [3.8, 4) is 16.9 Å². The van der Waals surface area contributed by atoms with E-state index in [4.69, 9.17) is 4.74 Å². The number of benzene rings is 3. The topological polar surface area (TPSA) is 22.1 Å². The molecule has 4 rings (SSSR count). The molecular formula is C20H15NO. The number of methoxy groups -OCH3 is 1. The molecule has 1 heterocycles. The van der Waals surface area contributed by atoms with Gasteiger partial charge in [-0.2, -0.15) is 0 Å². The van der Waals surface area contributed by atoms with Gasteiger partial charge in [0, 0.05) is 17.0 Å². The predicted octanol–water partition coefficient (Wildman–Crippen LogP) is 5.06. The van der Waals surface area contributed by atoms with Crippen LogP contribution in [0.15, 0.2) is 72.9 Å². The number of pyridine rings is 1. The van der Waals surface area contributed by atoms with Gasteiger partial charge in [0.05, 0.1) is 12.6 Å². The molecule has 0 spiro atoms. The summed E-state index contributed by atoms with van der Waals surface area (Å²) in [5.41, 5.74) is 3.42. The summed E-state index contributed by atoms with van der Waals surface area (Å²) in [4.78, 5) is 4.60. The molecule has 106 valence electrons. The van der Waals surface area contributed by atoms with Crippen molar-refractivity contribution in [1.29, 1.82) is 0 Å². The van der Waals surface area contributed by atoms with Gasteiger partial charge in [0.1, 0.15) is 5.75 Å². The van der Waals surface area contributed by atoms with Crippen molar-refractivity contribution in [2.45, 2.75) is 0 Å². The van der Waals surface area contributed by atoms with E-state index in [0.29, 0.717) is 0 Å². The molecular weight excluding hydrogens is 270 g/mol. The highest BCUT2D eigenvalue weighted by Gasteiger charge is 2.08. The Morgan fingerprint density at radius 3 is 2.36 bits per heavy atom. The summed E-state index contributed by atoms with van der Waals surface area (Å²) >= 11 is 0. The van der Waals surface area contributed by atoms with E-state index in [1.54, 1.807) is 7.11 Å². The van der Waals surface area contributed by atoms with Crippen LogP contribution in [0.5, 0.6) is 5.75 Å². The molecule has 0 aliphatic rings. The van der Waals surface area contributed by atoms with Gasteiger partial charge in [-0.25, -0.2) is 0 Å². The van der Waals surface area contributed by atoms with Crippen LogP contribution in [0, 0.1) is 0 Å². The van der Waals surface area contributed by atoms with E-state index in [1.807, 2.05) is 24.4 Å². The maximum absolute atomic E-state index is 5.25. The summed E-state index contributed by atoms with van der Waals surface area (Å²) < 4.78 is 5.25. The zero-order valence-corrected chi connectivity index (χ0v) is 12.3. The molecule has 0 aliphatic heterocycles. The lowest BCUT2D eigenvalue weighted by atomic mass is 9.96. The van der Waals surface area contributed by atoms with Crippen LogP contribution in [0.2, 0.25) is 0 Å². The quantitative estimate of drug-likeness (QED) is 0.480. The molecule has 0 unspecified atom stereocenters. The summed E-state index contributed by atoms with van der Waals surface area (Å²) in [7, 11) is 1.68. The van der Waals surface area contributed by atoms with Crippen molar-refractivity contribution < 1.29 is 4.74 Å². The van der Waals surface area contributed by atoms with Crippen LogP contribution in [0.4, 0.5) is 0 Å². The molecule has 2 nitrogen and oxygen atoms in total.